The van der Waals surface area contributed by atoms with Gasteiger partial charge in [0.25, 0.3) is 0 Å². The van der Waals surface area contributed by atoms with Gasteiger partial charge in [-0.25, -0.2) is 0 Å². The number of rotatable bonds is 4. The van der Waals surface area contributed by atoms with E-state index >= 15 is 0 Å². The van der Waals surface area contributed by atoms with E-state index in [1.807, 2.05) is 50.2 Å². The van der Waals surface area contributed by atoms with E-state index < -0.39 is 0 Å². The Bertz CT molecular complexity index is 637. The fourth-order valence-electron chi connectivity index (χ4n) is 1.92. The highest BCUT2D eigenvalue weighted by atomic mass is 32.1. The first-order valence-corrected chi connectivity index (χ1v) is 7.35. The van der Waals surface area contributed by atoms with Crippen molar-refractivity contribution in [2.75, 3.05) is 0 Å². The Balaban J connectivity index is 2.14. The molecule has 1 aromatic heterocycles. The number of nitrogens with zero attached hydrogens (tertiary/aromatic N) is 1. The highest BCUT2D eigenvalue weighted by molar-refractivity contribution is 7.16. The summed E-state index contributed by atoms with van der Waals surface area (Å²) >= 11 is 1.48. The van der Waals surface area contributed by atoms with Crippen LogP contribution in [0.5, 0.6) is 0 Å². The Morgan fingerprint density at radius 1 is 1.30 bits per heavy atom. The van der Waals surface area contributed by atoms with Crippen molar-refractivity contribution in [3.05, 3.63) is 46.8 Å². The zero-order valence-electron chi connectivity index (χ0n) is 11.5. The van der Waals surface area contributed by atoms with Crippen LogP contribution in [-0.2, 0) is 4.79 Å². The van der Waals surface area contributed by atoms with Crippen molar-refractivity contribution in [2.24, 2.45) is 0 Å². The van der Waals surface area contributed by atoms with Gasteiger partial charge in [-0.15, -0.1) is 11.3 Å². The summed E-state index contributed by atoms with van der Waals surface area (Å²) < 4.78 is 0. The van der Waals surface area contributed by atoms with Gasteiger partial charge in [0.15, 0.2) is 0 Å². The summed E-state index contributed by atoms with van der Waals surface area (Å²) in [6, 6.07) is 14.0. The minimum Gasteiger partial charge on any atom is -0.350 e. The third-order valence-corrected chi connectivity index (χ3v) is 4.15. The fraction of sp³-hybridized carbons (Fsp3) is 0.250. The minimum absolute atomic E-state index is 0.00880. The Morgan fingerprint density at radius 2 is 2.00 bits per heavy atom. The van der Waals surface area contributed by atoms with Gasteiger partial charge in [0.2, 0.25) is 5.91 Å². The first-order valence-electron chi connectivity index (χ1n) is 6.53. The average molecular weight is 284 g/mol. The molecule has 1 heterocycles. The van der Waals surface area contributed by atoms with E-state index in [-0.39, 0.29) is 11.9 Å². The molecule has 1 amide bonds. The first-order chi connectivity index (χ1) is 9.63. The normalized spacial score (nSPS) is 11.7. The number of hydrogen-bond donors (Lipinski definition) is 1. The lowest BCUT2D eigenvalue weighted by Gasteiger charge is -2.14. The zero-order valence-corrected chi connectivity index (χ0v) is 12.3. The Hall–Kier alpha value is -2.12. The molecule has 0 bridgehead atoms. The number of nitriles is 1. The number of nitrogens with one attached hydrogen (secondary N) is 1. The molecule has 0 saturated heterocycles. The van der Waals surface area contributed by atoms with Gasteiger partial charge in [0, 0.05) is 11.3 Å². The van der Waals surface area contributed by atoms with Crippen LogP contribution in [-0.4, -0.2) is 5.91 Å². The van der Waals surface area contributed by atoms with Crippen molar-refractivity contribution < 1.29 is 4.79 Å². The molecule has 20 heavy (non-hydrogen) atoms. The molecule has 3 nitrogen and oxygen atoms in total. The molecule has 102 valence electrons. The molecule has 0 aliphatic rings. The van der Waals surface area contributed by atoms with Crippen LogP contribution in [0.15, 0.2) is 36.4 Å². The standard InChI is InChI=1S/C16H16N2OS/c1-3-16(19)18-11(2)12-4-6-13(7-5-12)15-9-8-14(10-17)20-15/h4-9,11H,3H2,1-2H3,(H,18,19). The lowest BCUT2D eigenvalue weighted by Crippen LogP contribution is -2.25. The summed E-state index contributed by atoms with van der Waals surface area (Å²) in [7, 11) is 0. The van der Waals surface area contributed by atoms with Crippen LogP contribution >= 0.6 is 11.3 Å². The van der Waals surface area contributed by atoms with Gasteiger partial charge in [-0.2, -0.15) is 5.26 Å². The van der Waals surface area contributed by atoms with E-state index in [0.29, 0.717) is 11.3 Å². The lowest BCUT2D eigenvalue weighted by molar-refractivity contribution is -0.121. The van der Waals surface area contributed by atoms with Crippen LogP contribution in [0, 0.1) is 11.3 Å². The molecular weight excluding hydrogens is 268 g/mol. The maximum Gasteiger partial charge on any atom is 0.220 e. The SMILES string of the molecule is CCC(=O)NC(C)c1ccc(-c2ccc(C#N)s2)cc1. The topological polar surface area (TPSA) is 52.9 Å². The second-order valence-corrected chi connectivity index (χ2v) is 5.62. The molecule has 1 atom stereocenters. The fourth-order valence-corrected chi connectivity index (χ4v) is 2.72. The zero-order chi connectivity index (χ0) is 14.5. The number of benzene rings is 1. The summed E-state index contributed by atoms with van der Waals surface area (Å²) in [6.45, 7) is 3.82. The molecule has 0 saturated carbocycles. The Kier molecular flexibility index (Phi) is 4.54. The van der Waals surface area contributed by atoms with Crippen LogP contribution in [0.25, 0.3) is 10.4 Å². The summed E-state index contributed by atoms with van der Waals surface area (Å²) in [5.74, 6) is 0.0542. The van der Waals surface area contributed by atoms with E-state index in [1.54, 1.807) is 0 Å². The van der Waals surface area contributed by atoms with Crippen molar-refractivity contribution >= 4 is 17.2 Å². The van der Waals surface area contributed by atoms with E-state index in [0.717, 1.165) is 16.0 Å². The Morgan fingerprint density at radius 3 is 2.55 bits per heavy atom. The quantitative estimate of drug-likeness (QED) is 0.926. The van der Waals surface area contributed by atoms with Gasteiger partial charge in [-0.1, -0.05) is 31.2 Å². The number of thiophene rings is 1. The van der Waals surface area contributed by atoms with Crippen LogP contribution in [0.4, 0.5) is 0 Å². The number of amides is 1. The molecule has 2 aromatic rings. The van der Waals surface area contributed by atoms with E-state index in [2.05, 4.69) is 11.4 Å². The van der Waals surface area contributed by atoms with E-state index in [4.69, 9.17) is 5.26 Å². The molecule has 1 unspecified atom stereocenters. The van der Waals surface area contributed by atoms with E-state index in [9.17, 15) is 4.79 Å². The number of carbonyl (C=O) groups excluding carboxylic acids is 1. The average Bonchev–Trinajstić information content (AvgIpc) is 2.96. The molecule has 1 N–H and O–H groups in total. The van der Waals surface area contributed by atoms with Gasteiger partial charge in [0.1, 0.15) is 10.9 Å². The molecule has 0 aliphatic carbocycles. The maximum absolute atomic E-state index is 11.4. The van der Waals surface area contributed by atoms with Crippen molar-refractivity contribution in [1.29, 1.82) is 5.26 Å². The second kappa shape index (κ2) is 6.36. The van der Waals surface area contributed by atoms with Crippen LogP contribution < -0.4 is 5.32 Å². The number of hydrogen-bond acceptors (Lipinski definition) is 3. The largest absolute Gasteiger partial charge is 0.350 e. The molecule has 4 heteroatoms. The summed E-state index contributed by atoms with van der Waals surface area (Å²) in [6.07, 6.45) is 0.495. The minimum atomic E-state index is 0.00880. The lowest BCUT2D eigenvalue weighted by atomic mass is 10.1. The second-order valence-electron chi connectivity index (χ2n) is 4.54. The molecule has 1 aromatic carbocycles. The van der Waals surface area contributed by atoms with Gasteiger partial charge < -0.3 is 5.32 Å². The summed E-state index contributed by atoms with van der Waals surface area (Å²) in [5, 5.41) is 11.8. The molecule has 0 aliphatic heterocycles. The Labute approximate surface area is 122 Å². The molecular formula is C16H16N2OS. The monoisotopic (exact) mass is 284 g/mol. The third kappa shape index (κ3) is 3.25. The van der Waals surface area contributed by atoms with Crippen molar-refractivity contribution in [1.82, 2.24) is 5.32 Å². The maximum atomic E-state index is 11.4. The predicted octanol–water partition coefficient (Wildman–Crippen LogP) is 3.87. The van der Waals surface area contributed by atoms with Crippen LogP contribution in [0.2, 0.25) is 0 Å². The number of carbonyl (C=O) groups is 1. The highest BCUT2D eigenvalue weighted by Crippen LogP contribution is 2.28. The van der Waals surface area contributed by atoms with Gasteiger partial charge in [-0.05, 0) is 30.2 Å². The van der Waals surface area contributed by atoms with Gasteiger partial charge >= 0.3 is 0 Å². The molecule has 0 spiro atoms. The van der Waals surface area contributed by atoms with Crippen LogP contribution in [0.3, 0.4) is 0 Å². The van der Waals surface area contributed by atoms with Gasteiger partial charge in [0.05, 0.1) is 6.04 Å². The molecule has 0 radical (unpaired) electrons. The third-order valence-electron chi connectivity index (χ3n) is 3.11. The summed E-state index contributed by atoms with van der Waals surface area (Å²) in [5.41, 5.74) is 2.17. The van der Waals surface area contributed by atoms with Gasteiger partial charge in [-0.3, -0.25) is 4.79 Å². The van der Waals surface area contributed by atoms with Crippen molar-refractivity contribution in [3.8, 4) is 16.5 Å². The first kappa shape index (κ1) is 14.3. The molecule has 2 rings (SSSR count). The predicted molar refractivity (Wildman–Crippen MR) is 81.3 cm³/mol. The summed E-state index contributed by atoms with van der Waals surface area (Å²) in [4.78, 5) is 13.2. The van der Waals surface area contributed by atoms with Crippen molar-refractivity contribution in [3.63, 3.8) is 0 Å². The molecule has 0 fully saturated rings. The van der Waals surface area contributed by atoms with E-state index in [1.165, 1.54) is 11.3 Å². The van der Waals surface area contributed by atoms with Crippen molar-refractivity contribution in [2.45, 2.75) is 26.3 Å². The smallest absolute Gasteiger partial charge is 0.220 e. The highest BCUT2D eigenvalue weighted by Gasteiger charge is 2.09. The van der Waals surface area contributed by atoms with Crippen LogP contribution in [0.1, 0.15) is 36.8 Å².